The lowest BCUT2D eigenvalue weighted by atomic mass is 9.97. The van der Waals surface area contributed by atoms with Gasteiger partial charge in [-0.3, -0.25) is 9.59 Å². The van der Waals surface area contributed by atoms with Gasteiger partial charge in [0.05, 0.1) is 6.54 Å². The Kier molecular flexibility index (Phi) is 6.56. The first kappa shape index (κ1) is 19.7. The van der Waals surface area contributed by atoms with Crippen molar-refractivity contribution >= 4 is 17.5 Å². The molecule has 0 heterocycles. The summed E-state index contributed by atoms with van der Waals surface area (Å²) in [6.45, 7) is 8.07. The van der Waals surface area contributed by atoms with Crippen LogP contribution < -0.4 is 5.32 Å². The highest BCUT2D eigenvalue weighted by Gasteiger charge is 2.18. The average Bonchev–Trinajstić information content (AvgIpc) is 2.58. The van der Waals surface area contributed by atoms with E-state index < -0.39 is 0 Å². The van der Waals surface area contributed by atoms with Crippen molar-refractivity contribution in [2.45, 2.75) is 40.0 Å². The van der Waals surface area contributed by atoms with Crippen molar-refractivity contribution in [1.82, 2.24) is 4.90 Å². The molecule has 138 valence electrons. The van der Waals surface area contributed by atoms with E-state index in [1.165, 1.54) is 10.5 Å². The Morgan fingerprint density at radius 2 is 1.62 bits per heavy atom. The molecule has 0 aliphatic carbocycles. The number of anilines is 1. The van der Waals surface area contributed by atoms with Crippen LogP contribution >= 0.6 is 0 Å². The molecule has 2 amide bonds. The van der Waals surface area contributed by atoms with Crippen molar-refractivity contribution in [2.24, 2.45) is 0 Å². The highest BCUT2D eigenvalue weighted by Crippen LogP contribution is 2.22. The number of nitrogens with one attached hydrogen (secondary N) is 1. The van der Waals surface area contributed by atoms with Gasteiger partial charge in [-0.15, -0.1) is 0 Å². The monoisotopic (exact) mass is 352 g/mol. The zero-order chi connectivity index (χ0) is 19.3. The molecule has 2 rings (SSSR count). The van der Waals surface area contributed by atoms with Crippen molar-refractivity contribution in [2.75, 3.05) is 18.9 Å². The largest absolute Gasteiger partial charge is 0.336 e. The molecule has 1 atom stereocenters. The Morgan fingerprint density at radius 3 is 2.19 bits per heavy atom. The van der Waals surface area contributed by atoms with Crippen molar-refractivity contribution in [1.29, 1.82) is 0 Å². The Bertz CT molecular complexity index is 761. The maximum Gasteiger partial charge on any atom is 0.243 e. The minimum Gasteiger partial charge on any atom is -0.336 e. The zero-order valence-corrected chi connectivity index (χ0v) is 16.3. The number of benzene rings is 2. The molecular formula is C22H28N2O2. The van der Waals surface area contributed by atoms with E-state index >= 15 is 0 Å². The van der Waals surface area contributed by atoms with Gasteiger partial charge in [0.25, 0.3) is 0 Å². The summed E-state index contributed by atoms with van der Waals surface area (Å²) in [4.78, 5) is 26.3. The van der Waals surface area contributed by atoms with Crippen molar-refractivity contribution in [3.63, 3.8) is 0 Å². The van der Waals surface area contributed by atoms with Gasteiger partial charge in [-0.25, -0.2) is 0 Å². The number of nitrogens with zero attached hydrogens (tertiary/aromatic N) is 1. The van der Waals surface area contributed by atoms with Crippen molar-refractivity contribution < 1.29 is 9.59 Å². The number of carbonyl (C=O) groups excluding carboxylic acids is 2. The minimum atomic E-state index is -0.178. The second-order valence-electron chi connectivity index (χ2n) is 7.09. The Morgan fingerprint density at radius 1 is 1.04 bits per heavy atom. The molecule has 4 heteroatoms. The Labute approximate surface area is 156 Å². The normalized spacial score (nSPS) is 11.7. The second-order valence-corrected chi connectivity index (χ2v) is 7.09. The molecule has 26 heavy (non-hydrogen) atoms. The SMILES string of the molecule is Cc1cc(C)c(NC(=O)CN(C)C(=O)C[C@H](C)c2ccccc2)c(C)c1. The number of hydrogen-bond donors (Lipinski definition) is 1. The van der Waals surface area contributed by atoms with E-state index in [4.69, 9.17) is 0 Å². The summed E-state index contributed by atoms with van der Waals surface area (Å²) in [5.74, 6) is -0.0899. The molecule has 2 aromatic rings. The molecule has 1 N–H and O–H groups in total. The van der Waals surface area contributed by atoms with Crippen LogP contribution in [0.5, 0.6) is 0 Å². The van der Waals surface area contributed by atoms with Crippen LogP contribution in [0.3, 0.4) is 0 Å². The van der Waals surface area contributed by atoms with E-state index in [1.54, 1.807) is 7.05 Å². The van der Waals surface area contributed by atoms with E-state index in [0.717, 1.165) is 22.4 Å². The number of amides is 2. The lowest BCUT2D eigenvalue weighted by molar-refractivity contribution is -0.133. The summed E-state index contributed by atoms with van der Waals surface area (Å²) in [6, 6.07) is 14.0. The summed E-state index contributed by atoms with van der Waals surface area (Å²) < 4.78 is 0. The summed E-state index contributed by atoms with van der Waals surface area (Å²) in [6.07, 6.45) is 0.385. The van der Waals surface area contributed by atoms with E-state index in [0.29, 0.717) is 6.42 Å². The standard InChI is InChI=1S/C22H28N2O2/c1-15-11-17(3)22(18(4)12-15)23-20(25)14-24(5)21(26)13-16(2)19-9-7-6-8-10-19/h6-12,16H,13-14H2,1-5H3,(H,23,25)/t16-/m0/s1. The Balaban J connectivity index is 1.93. The van der Waals surface area contributed by atoms with Gasteiger partial charge in [-0.05, 0) is 43.4 Å². The molecule has 0 aliphatic heterocycles. The lowest BCUT2D eigenvalue weighted by Gasteiger charge is -2.20. The van der Waals surface area contributed by atoms with E-state index in [2.05, 4.69) is 5.32 Å². The highest BCUT2D eigenvalue weighted by molar-refractivity contribution is 5.95. The molecule has 0 fully saturated rings. The molecular weight excluding hydrogens is 324 g/mol. The van der Waals surface area contributed by atoms with Gasteiger partial charge in [0.15, 0.2) is 0 Å². The predicted octanol–water partition coefficient (Wildman–Crippen LogP) is 4.20. The van der Waals surface area contributed by atoms with Crippen LogP contribution in [0.25, 0.3) is 0 Å². The fraction of sp³-hybridized carbons (Fsp3) is 0.364. The minimum absolute atomic E-state index is 0.0335. The first-order chi connectivity index (χ1) is 12.3. The number of likely N-dealkylation sites (N-methyl/N-ethyl adjacent to an activating group) is 1. The van der Waals surface area contributed by atoms with Crippen LogP contribution in [0.2, 0.25) is 0 Å². The van der Waals surface area contributed by atoms with E-state index in [-0.39, 0.29) is 24.3 Å². The first-order valence-corrected chi connectivity index (χ1v) is 8.94. The molecule has 0 spiro atoms. The average molecular weight is 352 g/mol. The quantitative estimate of drug-likeness (QED) is 0.847. The van der Waals surface area contributed by atoms with Crippen LogP contribution in [0.4, 0.5) is 5.69 Å². The number of hydrogen-bond acceptors (Lipinski definition) is 2. The lowest BCUT2D eigenvalue weighted by Crippen LogP contribution is -2.35. The third-order valence-corrected chi connectivity index (χ3v) is 4.60. The van der Waals surface area contributed by atoms with Crippen molar-refractivity contribution in [3.05, 3.63) is 64.7 Å². The van der Waals surface area contributed by atoms with Gasteiger partial charge in [0.1, 0.15) is 0 Å². The van der Waals surface area contributed by atoms with E-state index in [9.17, 15) is 9.59 Å². The van der Waals surface area contributed by atoms with Crippen LogP contribution in [0.1, 0.15) is 41.5 Å². The van der Waals surface area contributed by atoms with Gasteiger partial charge in [0, 0.05) is 19.2 Å². The molecule has 2 aromatic carbocycles. The zero-order valence-electron chi connectivity index (χ0n) is 16.3. The van der Waals surface area contributed by atoms with Crippen LogP contribution in [-0.4, -0.2) is 30.3 Å². The fourth-order valence-electron chi connectivity index (χ4n) is 3.18. The number of rotatable bonds is 6. The molecule has 0 unspecified atom stereocenters. The predicted molar refractivity (Wildman–Crippen MR) is 106 cm³/mol. The van der Waals surface area contributed by atoms with Crippen LogP contribution in [-0.2, 0) is 9.59 Å². The Hall–Kier alpha value is -2.62. The van der Waals surface area contributed by atoms with Crippen LogP contribution in [0, 0.1) is 20.8 Å². The molecule has 0 radical (unpaired) electrons. The molecule has 0 aromatic heterocycles. The molecule has 4 nitrogen and oxygen atoms in total. The fourth-order valence-corrected chi connectivity index (χ4v) is 3.18. The highest BCUT2D eigenvalue weighted by atomic mass is 16.2. The van der Waals surface area contributed by atoms with Crippen molar-refractivity contribution in [3.8, 4) is 0 Å². The number of carbonyl (C=O) groups is 2. The van der Waals surface area contributed by atoms with Gasteiger partial charge < -0.3 is 10.2 Å². The van der Waals surface area contributed by atoms with E-state index in [1.807, 2.05) is 70.2 Å². The molecule has 0 aliphatic rings. The molecule has 0 saturated heterocycles. The molecule has 0 bridgehead atoms. The van der Waals surface area contributed by atoms with Gasteiger partial charge in [-0.1, -0.05) is 55.0 Å². The summed E-state index contributed by atoms with van der Waals surface area (Å²) in [5.41, 5.74) is 5.19. The third-order valence-electron chi connectivity index (χ3n) is 4.60. The summed E-state index contributed by atoms with van der Waals surface area (Å²) in [7, 11) is 1.68. The topological polar surface area (TPSA) is 49.4 Å². The maximum atomic E-state index is 12.4. The smallest absolute Gasteiger partial charge is 0.243 e. The van der Waals surface area contributed by atoms with Crippen LogP contribution in [0.15, 0.2) is 42.5 Å². The number of aryl methyl sites for hydroxylation is 3. The van der Waals surface area contributed by atoms with Gasteiger partial charge >= 0.3 is 0 Å². The third kappa shape index (κ3) is 5.19. The molecule has 0 saturated carbocycles. The second kappa shape index (κ2) is 8.65. The van der Waals surface area contributed by atoms with Gasteiger partial charge in [0.2, 0.25) is 11.8 Å². The summed E-state index contributed by atoms with van der Waals surface area (Å²) in [5, 5.41) is 2.94. The first-order valence-electron chi connectivity index (χ1n) is 8.94. The summed E-state index contributed by atoms with van der Waals surface area (Å²) >= 11 is 0. The maximum absolute atomic E-state index is 12.4. The van der Waals surface area contributed by atoms with Gasteiger partial charge in [-0.2, -0.15) is 0 Å².